The fourth-order valence-corrected chi connectivity index (χ4v) is 8.62. The van der Waals surface area contributed by atoms with Crippen LogP contribution in [0.3, 0.4) is 0 Å². The van der Waals surface area contributed by atoms with Gasteiger partial charge in [-0.05, 0) is 70.0 Å². The molecule has 4 aliphatic heterocycles. The Hall–Kier alpha value is -5.59. The third kappa shape index (κ3) is 8.53. The van der Waals surface area contributed by atoms with E-state index >= 15 is 0 Å². The molecule has 1 unspecified atom stereocenters. The number of rotatable bonds is 13. The van der Waals surface area contributed by atoms with Crippen molar-refractivity contribution in [3.05, 3.63) is 76.6 Å². The maximum atomic E-state index is 13.4. The van der Waals surface area contributed by atoms with Crippen molar-refractivity contribution in [1.82, 2.24) is 20.1 Å². The lowest BCUT2D eigenvalue weighted by molar-refractivity contribution is -0.141. The van der Waals surface area contributed by atoms with Gasteiger partial charge in [0.05, 0.1) is 41.8 Å². The number of nitrogens with zero attached hydrogens (tertiary/aromatic N) is 4. The highest BCUT2D eigenvalue weighted by Crippen LogP contribution is 2.43. The zero-order valence-electron chi connectivity index (χ0n) is 33.2. The van der Waals surface area contributed by atoms with Crippen molar-refractivity contribution in [3.8, 4) is 5.75 Å². The highest BCUT2D eigenvalue weighted by atomic mass is 19.4. The second-order valence-electron chi connectivity index (χ2n) is 16.2. The molecule has 2 saturated heterocycles. The molecule has 0 radical (unpaired) electrons. The number of amides is 5. The van der Waals surface area contributed by atoms with Gasteiger partial charge in [-0.15, -0.1) is 0 Å². The first-order valence-electron chi connectivity index (χ1n) is 20.1. The molecule has 3 fully saturated rings. The Balaban J connectivity index is 0.814. The molecule has 1 saturated carbocycles. The van der Waals surface area contributed by atoms with Gasteiger partial charge in [0.25, 0.3) is 17.7 Å². The van der Waals surface area contributed by atoms with Crippen LogP contribution in [0, 0.1) is 0 Å². The van der Waals surface area contributed by atoms with Crippen molar-refractivity contribution in [2.24, 2.45) is 0 Å². The lowest BCUT2D eigenvalue weighted by atomic mass is 9.88. The van der Waals surface area contributed by atoms with Crippen molar-refractivity contribution in [2.45, 2.75) is 75.4 Å². The number of morpholine rings is 1. The molecular formula is C42H46F3N7O8. The number of nitrogens with one attached hydrogen (secondary N) is 3. The largest absolute Gasteiger partial charge is 0.486 e. The van der Waals surface area contributed by atoms with Crippen LogP contribution < -0.4 is 25.6 Å². The van der Waals surface area contributed by atoms with Gasteiger partial charge in [-0.2, -0.15) is 13.2 Å². The number of likely N-dealkylation sites (N-methyl/N-ethyl adjacent to an activating group) is 1. The number of benzene rings is 2. The van der Waals surface area contributed by atoms with Crippen molar-refractivity contribution in [2.75, 3.05) is 68.6 Å². The average Bonchev–Trinajstić information content (AvgIpc) is 3.65. The summed E-state index contributed by atoms with van der Waals surface area (Å²) in [5.41, 5.74) is 0.944. The average molecular weight is 834 g/mol. The minimum Gasteiger partial charge on any atom is -0.486 e. The highest BCUT2D eigenvalue weighted by Gasteiger charge is 2.46. The number of alkyl halides is 3. The van der Waals surface area contributed by atoms with E-state index in [4.69, 9.17) is 14.2 Å². The molecule has 1 aliphatic carbocycles. The van der Waals surface area contributed by atoms with Crippen LogP contribution >= 0.6 is 0 Å². The standard InChI is InChI=1S/C42H46F3N7O8/c1-41(22-24-18-30(32(21-33(24)60-41)51-13-16-58-17-14-51)48-37(54)29-8-4-9-34(47-29)42(43,44)45)23-50(2)12-5-15-59-26-19-25(20-26)46-28-7-3-6-27-36(28)40(57)52(39(27)56)31-10-11-35(53)49-38(31)55/h3-4,6-9,18,21,25-26,31,46H,5,10-17,19-20,22-23H2,1-2H3,(H,48,54)(H,49,53,55)/t25?,26?,31?,41-/m0/s1. The molecule has 3 N–H and O–H groups in total. The van der Waals surface area contributed by atoms with Gasteiger partial charge in [0, 0.05) is 69.0 Å². The summed E-state index contributed by atoms with van der Waals surface area (Å²) in [5.74, 6) is -2.23. The van der Waals surface area contributed by atoms with E-state index in [9.17, 15) is 37.1 Å². The van der Waals surface area contributed by atoms with Gasteiger partial charge >= 0.3 is 6.18 Å². The number of ether oxygens (including phenoxy) is 3. The fraction of sp³-hybridized carbons (Fsp3) is 0.476. The van der Waals surface area contributed by atoms with Crippen molar-refractivity contribution >= 4 is 46.6 Å². The number of pyridine rings is 1. The number of anilines is 3. The van der Waals surface area contributed by atoms with Gasteiger partial charge in [0.2, 0.25) is 11.8 Å². The van der Waals surface area contributed by atoms with Crippen LogP contribution in [-0.2, 0) is 31.7 Å². The summed E-state index contributed by atoms with van der Waals surface area (Å²) in [7, 11) is 2.01. The van der Waals surface area contributed by atoms with Gasteiger partial charge in [-0.3, -0.25) is 34.2 Å². The van der Waals surface area contributed by atoms with E-state index in [0.29, 0.717) is 81.5 Å². The molecule has 8 rings (SSSR count). The Morgan fingerprint density at radius 3 is 2.57 bits per heavy atom. The fourth-order valence-electron chi connectivity index (χ4n) is 8.62. The molecule has 60 heavy (non-hydrogen) atoms. The summed E-state index contributed by atoms with van der Waals surface area (Å²) in [4.78, 5) is 72.7. The summed E-state index contributed by atoms with van der Waals surface area (Å²) in [6.45, 7) is 6.01. The monoisotopic (exact) mass is 833 g/mol. The number of aromatic nitrogens is 1. The molecule has 2 aromatic carbocycles. The molecule has 1 aromatic heterocycles. The van der Waals surface area contributed by atoms with Gasteiger partial charge in [0.1, 0.15) is 28.8 Å². The van der Waals surface area contributed by atoms with Crippen molar-refractivity contribution < 1.29 is 51.4 Å². The van der Waals surface area contributed by atoms with Crippen molar-refractivity contribution in [3.63, 3.8) is 0 Å². The quantitative estimate of drug-likeness (QED) is 0.165. The summed E-state index contributed by atoms with van der Waals surface area (Å²) in [5, 5.41) is 8.42. The van der Waals surface area contributed by atoms with E-state index in [1.807, 2.05) is 26.1 Å². The summed E-state index contributed by atoms with van der Waals surface area (Å²) in [6, 6.07) is 11.0. The van der Waals surface area contributed by atoms with E-state index in [1.54, 1.807) is 18.2 Å². The maximum absolute atomic E-state index is 13.4. The number of halogens is 3. The minimum atomic E-state index is -4.68. The number of hydrogen-bond donors (Lipinski definition) is 3. The van der Waals surface area contributed by atoms with Crippen LogP contribution in [0.4, 0.5) is 30.2 Å². The van der Waals surface area contributed by atoms with Crippen LogP contribution in [0.5, 0.6) is 5.75 Å². The maximum Gasteiger partial charge on any atom is 0.433 e. The second-order valence-corrected chi connectivity index (χ2v) is 16.2. The summed E-state index contributed by atoms with van der Waals surface area (Å²) < 4.78 is 58.2. The number of fused-ring (bicyclic) bond motifs is 2. The third-order valence-electron chi connectivity index (χ3n) is 11.5. The molecule has 5 aliphatic rings. The Morgan fingerprint density at radius 1 is 1.05 bits per heavy atom. The zero-order chi connectivity index (χ0) is 42.3. The van der Waals surface area contributed by atoms with Crippen LogP contribution in [-0.4, -0.2) is 121 Å². The molecule has 0 spiro atoms. The van der Waals surface area contributed by atoms with E-state index < -0.39 is 53.0 Å². The molecule has 5 amide bonds. The Kier molecular flexibility index (Phi) is 11.3. The smallest absolute Gasteiger partial charge is 0.433 e. The van der Waals surface area contributed by atoms with Crippen LogP contribution in [0.2, 0.25) is 0 Å². The summed E-state index contributed by atoms with van der Waals surface area (Å²) >= 11 is 0. The Bertz CT molecular complexity index is 2210. The summed E-state index contributed by atoms with van der Waals surface area (Å²) in [6.07, 6.45) is -1.75. The molecule has 3 aromatic rings. The predicted molar refractivity (Wildman–Crippen MR) is 211 cm³/mol. The predicted octanol–water partition coefficient (Wildman–Crippen LogP) is 4.27. The van der Waals surface area contributed by atoms with E-state index in [2.05, 4.69) is 30.7 Å². The van der Waals surface area contributed by atoms with Gasteiger partial charge < -0.3 is 34.6 Å². The number of hydrogen-bond acceptors (Lipinski definition) is 12. The molecule has 18 heteroatoms. The molecule has 0 bridgehead atoms. The van der Waals surface area contributed by atoms with E-state index in [0.717, 1.165) is 35.6 Å². The Labute approximate surface area is 343 Å². The van der Waals surface area contributed by atoms with Gasteiger partial charge in [-0.25, -0.2) is 4.98 Å². The Morgan fingerprint density at radius 2 is 1.82 bits per heavy atom. The van der Waals surface area contributed by atoms with Gasteiger partial charge in [0.15, 0.2) is 0 Å². The van der Waals surface area contributed by atoms with Gasteiger partial charge in [-0.1, -0.05) is 12.1 Å². The van der Waals surface area contributed by atoms with Crippen molar-refractivity contribution in [1.29, 1.82) is 0 Å². The molecule has 318 valence electrons. The molecule has 2 atom stereocenters. The SMILES string of the molecule is CN(CCCOC1CC(Nc2cccc3c2C(=O)N(C2CCC(=O)NC2=O)C3=O)C1)C[C@]1(C)Cc2cc(NC(=O)c3cccc(C(F)(F)F)n3)c(N3CCOCC3)cc2O1. The molecule has 15 nitrogen and oxygen atoms in total. The number of imide groups is 2. The lowest BCUT2D eigenvalue weighted by Gasteiger charge is -2.37. The normalized spacial score (nSPS) is 23.9. The molecule has 5 heterocycles. The number of piperidine rings is 1. The van der Waals surface area contributed by atoms with Crippen LogP contribution in [0.1, 0.15) is 81.5 Å². The highest BCUT2D eigenvalue weighted by molar-refractivity contribution is 6.25. The van der Waals surface area contributed by atoms with E-state index in [1.165, 1.54) is 6.07 Å². The first kappa shape index (κ1) is 41.2. The van der Waals surface area contributed by atoms with Crippen LogP contribution in [0.15, 0.2) is 48.5 Å². The lowest BCUT2D eigenvalue weighted by Crippen LogP contribution is -2.54. The van der Waals surface area contributed by atoms with Crippen LogP contribution in [0.25, 0.3) is 0 Å². The topological polar surface area (TPSA) is 172 Å². The first-order chi connectivity index (χ1) is 28.7. The zero-order valence-corrected chi connectivity index (χ0v) is 33.2. The number of carbonyl (C=O) groups is 5. The molecular weight excluding hydrogens is 787 g/mol. The second kappa shape index (κ2) is 16.5. The first-order valence-corrected chi connectivity index (χ1v) is 20.1. The number of carbonyl (C=O) groups excluding carboxylic acids is 5. The minimum absolute atomic E-state index is 0.0340. The third-order valence-corrected chi connectivity index (χ3v) is 11.5. The van der Waals surface area contributed by atoms with E-state index in [-0.39, 0.29) is 41.8 Å².